The minimum atomic E-state index is -0.115. The molecule has 0 aliphatic heterocycles. The Balaban J connectivity index is 2.36. The van der Waals surface area contributed by atoms with Crippen LogP contribution in [0.4, 0.5) is 0 Å². The van der Waals surface area contributed by atoms with Crippen LogP contribution in [0.15, 0.2) is 30.3 Å². The van der Waals surface area contributed by atoms with Crippen molar-refractivity contribution >= 4 is 5.97 Å². The first-order chi connectivity index (χ1) is 7.89. The second kappa shape index (κ2) is 5.85. The summed E-state index contributed by atoms with van der Waals surface area (Å²) >= 11 is 0. The molecule has 1 atom stereocenters. The second-order valence-corrected chi connectivity index (χ2v) is 5.48. The average molecular weight is 234 g/mol. The summed E-state index contributed by atoms with van der Waals surface area (Å²) < 4.78 is 5.40. The van der Waals surface area contributed by atoms with Gasteiger partial charge in [-0.3, -0.25) is 4.79 Å². The van der Waals surface area contributed by atoms with E-state index in [1.807, 2.05) is 37.3 Å². The van der Waals surface area contributed by atoms with E-state index in [2.05, 4.69) is 20.8 Å². The molecule has 0 radical (unpaired) electrons. The molecule has 0 N–H and O–H groups in total. The van der Waals surface area contributed by atoms with Crippen molar-refractivity contribution in [3.63, 3.8) is 0 Å². The normalized spacial score (nSPS) is 13.2. The monoisotopic (exact) mass is 234 g/mol. The van der Waals surface area contributed by atoms with E-state index in [9.17, 15) is 4.79 Å². The van der Waals surface area contributed by atoms with Gasteiger partial charge in [-0.2, -0.15) is 0 Å². The first-order valence-corrected chi connectivity index (χ1v) is 6.13. The minimum Gasteiger partial charge on any atom is -0.462 e. The summed E-state index contributed by atoms with van der Waals surface area (Å²) in [6.07, 6.45) is 1.15. The number of carbonyl (C=O) groups is 1. The fraction of sp³-hybridized carbons (Fsp3) is 0.533. The lowest BCUT2D eigenvalue weighted by molar-refractivity contribution is -0.153. The van der Waals surface area contributed by atoms with E-state index in [-0.39, 0.29) is 17.5 Å². The predicted octanol–water partition coefficient (Wildman–Crippen LogP) is 3.60. The summed E-state index contributed by atoms with van der Waals surface area (Å²) in [6.45, 7) is 8.16. The molecule has 0 aliphatic carbocycles. The number of carbonyl (C=O) groups excluding carboxylic acids is 1. The highest BCUT2D eigenvalue weighted by Gasteiger charge is 2.23. The van der Waals surface area contributed by atoms with Crippen LogP contribution in [0.25, 0.3) is 0 Å². The molecule has 0 spiro atoms. The number of hydrogen-bond acceptors (Lipinski definition) is 2. The van der Waals surface area contributed by atoms with Crippen molar-refractivity contribution in [2.24, 2.45) is 5.41 Å². The van der Waals surface area contributed by atoms with Gasteiger partial charge in [0.1, 0.15) is 6.10 Å². The lowest BCUT2D eigenvalue weighted by Crippen LogP contribution is -2.28. The van der Waals surface area contributed by atoms with E-state index in [0.717, 1.165) is 6.42 Å². The molecule has 0 heterocycles. The van der Waals surface area contributed by atoms with Crippen LogP contribution in [0, 0.1) is 5.41 Å². The Kier molecular flexibility index (Phi) is 4.73. The van der Waals surface area contributed by atoms with Crippen LogP contribution in [0.2, 0.25) is 0 Å². The van der Waals surface area contributed by atoms with Gasteiger partial charge in [0, 0.05) is 6.42 Å². The van der Waals surface area contributed by atoms with Gasteiger partial charge in [-0.1, -0.05) is 51.1 Å². The largest absolute Gasteiger partial charge is 0.462 e. The van der Waals surface area contributed by atoms with E-state index in [0.29, 0.717) is 6.42 Å². The van der Waals surface area contributed by atoms with Crippen LogP contribution >= 0.6 is 0 Å². The molecule has 2 nitrogen and oxygen atoms in total. The highest BCUT2D eigenvalue weighted by Crippen LogP contribution is 2.22. The predicted molar refractivity (Wildman–Crippen MR) is 69.8 cm³/mol. The van der Waals surface area contributed by atoms with Crippen molar-refractivity contribution in [1.82, 2.24) is 0 Å². The van der Waals surface area contributed by atoms with Crippen molar-refractivity contribution < 1.29 is 9.53 Å². The lowest BCUT2D eigenvalue weighted by atomic mass is 9.90. The molecule has 17 heavy (non-hydrogen) atoms. The Morgan fingerprint density at radius 1 is 1.24 bits per heavy atom. The molecule has 94 valence electrons. The third-order valence-electron chi connectivity index (χ3n) is 2.99. The molecular weight excluding hydrogens is 212 g/mol. The summed E-state index contributed by atoms with van der Waals surface area (Å²) in [5.74, 6) is -0.115. The summed E-state index contributed by atoms with van der Waals surface area (Å²) in [5, 5.41) is 0. The summed E-state index contributed by atoms with van der Waals surface area (Å²) in [6, 6.07) is 10.0. The highest BCUT2D eigenvalue weighted by molar-refractivity contribution is 5.69. The fourth-order valence-electron chi connectivity index (χ4n) is 1.32. The van der Waals surface area contributed by atoms with Gasteiger partial charge in [-0.05, 0) is 24.3 Å². The molecule has 0 amide bonds. The minimum absolute atomic E-state index is 0.00239. The molecule has 0 saturated carbocycles. The van der Waals surface area contributed by atoms with Crippen LogP contribution in [0.5, 0.6) is 0 Å². The lowest BCUT2D eigenvalue weighted by Gasteiger charge is -2.26. The molecule has 1 aromatic rings. The maximum atomic E-state index is 11.7. The molecule has 0 aliphatic rings. The van der Waals surface area contributed by atoms with Crippen molar-refractivity contribution in [2.45, 2.75) is 46.6 Å². The third-order valence-corrected chi connectivity index (χ3v) is 2.99. The smallest absolute Gasteiger partial charge is 0.306 e. The van der Waals surface area contributed by atoms with E-state index < -0.39 is 0 Å². The topological polar surface area (TPSA) is 26.3 Å². The maximum Gasteiger partial charge on any atom is 0.306 e. The van der Waals surface area contributed by atoms with Crippen LogP contribution < -0.4 is 0 Å². The quantitative estimate of drug-likeness (QED) is 0.744. The number of benzene rings is 1. The van der Waals surface area contributed by atoms with Gasteiger partial charge in [0.15, 0.2) is 0 Å². The number of hydrogen-bond donors (Lipinski definition) is 0. The van der Waals surface area contributed by atoms with Gasteiger partial charge in [0.2, 0.25) is 0 Å². The van der Waals surface area contributed by atoms with Crippen molar-refractivity contribution in [2.75, 3.05) is 0 Å². The molecule has 0 fully saturated rings. The SMILES string of the molecule is CC(OC(=O)CCc1ccccc1)C(C)(C)C. The van der Waals surface area contributed by atoms with Gasteiger partial charge < -0.3 is 4.74 Å². The molecule has 1 unspecified atom stereocenters. The van der Waals surface area contributed by atoms with Gasteiger partial charge in [0.05, 0.1) is 0 Å². The Morgan fingerprint density at radius 3 is 2.35 bits per heavy atom. The molecule has 2 heteroatoms. The molecule has 0 aromatic heterocycles. The fourth-order valence-corrected chi connectivity index (χ4v) is 1.32. The molecule has 1 aromatic carbocycles. The Morgan fingerprint density at radius 2 is 1.82 bits per heavy atom. The molecule has 0 bridgehead atoms. The number of rotatable bonds is 4. The average Bonchev–Trinajstić information content (AvgIpc) is 2.26. The highest BCUT2D eigenvalue weighted by atomic mass is 16.5. The summed E-state index contributed by atoms with van der Waals surface area (Å²) in [7, 11) is 0. The Labute approximate surface area is 104 Å². The van der Waals surface area contributed by atoms with Crippen LogP contribution in [-0.2, 0) is 16.0 Å². The van der Waals surface area contributed by atoms with Crippen LogP contribution in [0.1, 0.15) is 39.7 Å². The van der Waals surface area contributed by atoms with E-state index in [1.165, 1.54) is 5.56 Å². The van der Waals surface area contributed by atoms with E-state index in [1.54, 1.807) is 0 Å². The van der Waals surface area contributed by atoms with E-state index >= 15 is 0 Å². The van der Waals surface area contributed by atoms with Crippen LogP contribution in [-0.4, -0.2) is 12.1 Å². The van der Waals surface area contributed by atoms with Crippen molar-refractivity contribution in [3.05, 3.63) is 35.9 Å². The Hall–Kier alpha value is -1.31. The maximum absolute atomic E-state index is 11.7. The van der Waals surface area contributed by atoms with Crippen LogP contribution in [0.3, 0.4) is 0 Å². The summed E-state index contributed by atoms with van der Waals surface area (Å²) in [4.78, 5) is 11.7. The molecular formula is C15H22O2. The van der Waals surface area contributed by atoms with Crippen molar-refractivity contribution in [3.8, 4) is 0 Å². The first kappa shape index (κ1) is 13.8. The Bertz CT molecular complexity index is 349. The zero-order chi connectivity index (χ0) is 12.9. The van der Waals surface area contributed by atoms with Crippen molar-refractivity contribution in [1.29, 1.82) is 0 Å². The van der Waals surface area contributed by atoms with Gasteiger partial charge in [0.25, 0.3) is 0 Å². The van der Waals surface area contributed by atoms with Gasteiger partial charge >= 0.3 is 5.97 Å². The molecule has 0 saturated heterocycles. The molecule has 1 rings (SSSR count). The standard InChI is InChI=1S/C15H22O2/c1-12(15(2,3)4)17-14(16)11-10-13-8-6-5-7-9-13/h5-9,12H,10-11H2,1-4H3. The summed E-state index contributed by atoms with van der Waals surface area (Å²) in [5.41, 5.74) is 1.18. The first-order valence-electron chi connectivity index (χ1n) is 6.13. The van der Waals surface area contributed by atoms with Gasteiger partial charge in [-0.25, -0.2) is 0 Å². The number of ether oxygens (including phenoxy) is 1. The number of aryl methyl sites for hydroxylation is 1. The number of esters is 1. The second-order valence-electron chi connectivity index (χ2n) is 5.48. The zero-order valence-corrected chi connectivity index (χ0v) is 11.2. The van der Waals surface area contributed by atoms with Gasteiger partial charge in [-0.15, -0.1) is 0 Å². The van der Waals surface area contributed by atoms with E-state index in [4.69, 9.17) is 4.74 Å². The third kappa shape index (κ3) is 5.03. The zero-order valence-electron chi connectivity index (χ0n) is 11.2.